The Labute approximate surface area is 147 Å². The van der Waals surface area contributed by atoms with Crippen LogP contribution < -0.4 is 4.90 Å². The first kappa shape index (κ1) is 16.7. The number of aliphatic hydroxyl groups is 1. The van der Waals surface area contributed by atoms with E-state index in [1.54, 1.807) is 12.1 Å². The molecule has 2 atom stereocenters. The third-order valence-electron chi connectivity index (χ3n) is 6.02. The van der Waals surface area contributed by atoms with Gasteiger partial charge in [0.05, 0.1) is 17.7 Å². The highest BCUT2D eigenvalue weighted by molar-refractivity contribution is 5.92. The predicted molar refractivity (Wildman–Crippen MR) is 96.4 cm³/mol. The van der Waals surface area contributed by atoms with Gasteiger partial charge in [0.1, 0.15) is 5.82 Å². The lowest BCUT2D eigenvalue weighted by molar-refractivity contribution is -0.199. The predicted octanol–water partition coefficient (Wildman–Crippen LogP) is 3.44. The summed E-state index contributed by atoms with van der Waals surface area (Å²) in [6.07, 6.45) is 2.45. The van der Waals surface area contributed by atoms with E-state index in [0.29, 0.717) is 6.61 Å². The maximum Gasteiger partial charge on any atom is 0.124 e. The molecule has 1 aromatic heterocycles. The van der Waals surface area contributed by atoms with Gasteiger partial charge in [-0.05, 0) is 51.0 Å². The first-order valence-electron chi connectivity index (χ1n) is 9.15. The highest BCUT2D eigenvalue weighted by Gasteiger charge is 2.56. The van der Waals surface area contributed by atoms with E-state index in [-0.39, 0.29) is 23.4 Å². The molecule has 1 aliphatic heterocycles. The quantitative estimate of drug-likeness (QED) is 0.926. The minimum atomic E-state index is -0.264. The molecule has 2 aliphatic rings. The molecular formula is C20H25FN2O2. The Morgan fingerprint density at radius 3 is 2.76 bits per heavy atom. The fraction of sp³-hybridized carbons (Fsp3) is 0.550. The molecule has 1 aliphatic carbocycles. The van der Waals surface area contributed by atoms with Gasteiger partial charge in [0.15, 0.2) is 0 Å². The van der Waals surface area contributed by atoms with Crippen LogP contribution in [-0.2, 0) is 4.74 Å². The number of anilines is 1. The average Bonchev–Trinajstić information content (AvgIpc) is 2.61. The van der Waals surface area contributed by atoms with E-state index in [9.17, 15) is 9.50 Å². The summed E-state index contributed by atoms with van der Waals surface area (Å²) in [5.74, 6) is -0.237. The standard InChI is InChI=1S/C20H25FN2O2/c1-3-25-19-12-18(24)20(19)6-8-23(9-7-20)17-10-13(2)22-16-5-4-14(21)11-15(16)17/h4-5,10-11,18-19,24H,3,6-9,12H2,1-2H3. The summed E-state index contributed by atoms with van der Waals surface area (Å²) in [5, 5.41) is 11.2. The molecule has 0 radical (unpaired) electrons. The summed E-state index contributed by atoms with van der Waals surface area (Å²) in [4.78, 5) is 6.82. The molecule has 2 aromatic rings. The first-order valence-corrected chi connectivity index (χ1v) is 9.15. The van der Waals surface area contributed by atoms with Crippen molar-refractivity contribution in [2.45, 2.75) is 45.3 Å². The Kier molecular flexibility index (Phi) is 4.16. The third kappa shape index (κ3) is 2.70. The van der Waals surface area contributed by atoms with E-state index in [2.05, 4.69) is 9.88 Å². The van der Waals surface area contributed by atoms with Gasteiger partial charge >= 0.3 is 0 Å². The van der Waals surface area contributed by atoms with Crippen molar-refractivity contribution >= 4 is 16.6 Å². The lowest BCUT2D eigenvalue weighted by atomic mass is 9.58. The largest absolute Gasteiger partial charge is 0.392 e. The lowest BCUT2D eigenvalue weighted by Gasteiger charge is -2.57. The molecular weight excluding hydrogens is 319 g/mol. The van der Waals surface area contributed by atoms with Crippen LogP contribution in [0.25, 0.3) is 10.9 Å². The molecule has 4 rings (SSSR count). The Morgan fingerprint density at radius 1 is 1.32 bits per heavy atom. The smallest absolute Gasteiger partial charge is 0.124 e. The summed E-state index contributed by atoms with van der Waals surface area (Å²) < 4.78 is 19.6. The normalized spacial score (nSPS) is 25.4. The third-order valence-corrected chi connectivity index (χ3v) is 6.02. The first-order chi connectivity index (χ1) is 12.0. The lowest BCUT2D eigenvalue weighted by Crippen LogP contribution is -2.62. The molecule has 0 amide bonds. The van der Waals surface area contributed by atoms with Crippen LogP contribution in [0.4, 0.5) is 10.1 Å². The van der Waals surface area contributed by atoms with Crippen LogP contribution in [0.1, 0.15) is 31.9 Å². The molecule has 4 nitrogen and oxygen atoms in total. The number of nitrogens with zero attached hydrogens (tertiary/aromatic N) is 2. The Morgan fingerprint density at radius 2 is 2.08 bits per heavy atom. The molecule has 1 saturated heterocycles. The van der Waals surface area contributed by atoms with Crippen molar-refractivity contribution in [1.29, 1.82) is 0 Å². The number of benzene rings is 1. The molecule has 2 heterocycles. The fourth-order valence-corrected chi connectivity index (χ4v) is 4.55. The Bertz CT molecular complexity index is 785. The zero-order valence-corrected chi connectivity index (χ0v) is 14.8. The van der Waals surface area contributed by atoms with Crippen molar-refractivity contribution in [3.63, 3.8) is 0 Å². The zero-order valence-electron chi connectivity index (χ0n) is 14.8. The van der Waals surface area contributed by atoms with Crippen molar-refractivity contribution in [1.82, 2.24) is 4.98 Å². The monoisotopic (exact) mass is 344 g/mol. The van der Waals surface area contributed by atoms with Crippen LogP contribution in [-0.4, -0.2) is 42.0 Å². The van der Waals surface area contributed by atoms with Crippen molar-refractivity contribution in [3.05, 3.63) is 35.8 Å². The van der Waals surface area contributed by atoms with Gasteiger partial charge in [-0.15, -0.1) is 0 Å². The molecule has 0 bridgehead atoms. The van der Waals surface area contributed by atoms with Crippen LogP contribution >= 0.6 is 0 Å². The van der Waals surface area contributed by atoms with Crippen molar-refractivity contribution < 1.29 is 14.2 Å². The zero-order chi connectivity index (χ0) is 17.6. The van der Waals surface area contributed by atoms with Crippen molar-refractivity contribution in [3.8, 4) is 0 Å². The number of halogens is 1. The number of piperidine rings is 1. The van der Waals surface area contributed by atoms with Crippen LogP contribution in [0, 0.1) is 18.2 Å². The SMILES string of the molecule is CCOC1CC(O)C12CCN(c1cc(C)nc3ccc(F)cc13)CC2. The van der Waals surface area contributed by atoms with Gasteiger partial charge in [0.25, 0.3) is 0 Å². The van der Waals surface area contributed by atoms with Gasteiger partial charge < -0.3 is 14.7 Å². The number of pyridine rings is 1. The number of rotatable bonds is 3. The second kappa shape index (κ2) is 6.22. The summed E-state index contributed by atoms with van der Waals surface area (Å²) in [6.45, 7) is 6.36. The topological polar surface area (TPSA) is 45.6 Å². The minimum Gasteiger partial charge on any atom is -0.392 e. The molecule has 1 N–H and O–H groups in total. The van der Waals surface area contributed by atoms with Gasteiger partial charge in [-0.3, -0.25) is 4.98 Å². The van der Waals surface area contributed by atoms with E-state index in [1.807, 2.05) is 19.9 Å². The van der Waals surface area contributed by atoms with Gasteiger partial charge in [0.2, 0.25) is 0 Å². The molecule has 1 spiro atoms. The van der Waals surface area contributed by atoms with E-state index < -0.39 is 0 Å². The molecule has 5 heteroatoms. The Balaban J connectivity index is 1.61. The highest BCUT2D eigenvalue weighted by atomic mass is 19.1. The van der Waals surface area contributed by atoms with Gasteiger partial charge in [0, 0.05) is 48.3 Å². The average molecular weight is 344 g/mol. The second-order valence-electron chi connectivity index (χ2n) is 7.36. The molecule has 2 unspecified atom stereocenters. The van der Waals surface area contributed by atoms with Gasteiger partial charge in [-0.1, -0.05) is 0 Å². The van der Waals surface area contributed by atoms with E-state index >= 15 is 0 Å². The Hall–Kier alpha value is -1.72. The number of aromatic nitrogens is 1. The highest BCUT2D eigenvalue weighted by Crippen LogP contribution is 2.51. The molecule has 134 valence electrons. The number of aliphatic hydroxyl groups excluding tert-OH is 1. The molecule has 1 aromatic carbocycles. The summed E-state index contributed by atoms with van der Waals surface area (Å²) in [5.41, 5.74) is 2.70. The number of fused-ring (bicyclic) bond motifs is 1. The molecule has 25 heavy (non-hydrogen) atoms. The summed E-state index contributed by atoms with van der Waals surface area (Å²) in [7, 11) is 0. The summed E-state index contributed by atoms with van der Waals surface area (Å²) in [6, 6.07) is 6.81. The molecule has 1 saturated carbocycles. The number of hydrogen-bond acceptors (Lipinski definition) is 4. The van der Waals surface area contributed by atoms with Gasteiger partial charge in [-0.2, -0.15) is 0 Å². The van der Waals surface area contributed by atoms with E-state index in [4.69, 9.17) is 4.74 Å². The van der Waals surface area contributed by atoms with Crippen LogP contribution in [0.3, 0.4) is 0 Å². The van der Waals surface area contributed by atoms with Gasteiger partial charge in [-0.25, -0.2) is 4.39 Å². The summed E-state index contributed by atoms with van der Waals surface area (Å²) >= 11 is 0. The van der Waals surface area contributed by atoms with Crippen LogP contribution in [0.15, 0.2) is 24.3 Å². The molecule has 2 fully saturated rings. The van der Waals surface area contributed by atoms with Crippen LogP contribution in [0.5, 0.6) is 0 Å². The maximum atomic E-state index is 13.8. The van der Waals surface area contributed by atoms with E-state index in [1.165, 1.54) is 6.07 Å². The minimum absolute atomic E-state index is 0.102. The maximum absolute atomic E-state index is 13.8. The number of ether oxygens (including phenoxy) is 1. The second-order valence-corrected chi connectivity index (χ2v) is 7.36. The fourth-order valence-electron chi connectivity index (χ4n) is 4.55. The van der Waals surface area contributed by atoms with E-state index in [0.717, 1.165) is 54.6 Å². The number of aryl methyl sites for hydroxylation is 1. The van der Waals surface area contributed by atoms with Crippen molar-refractivity contribution in [2.24, 2.45) is 5.41 Å². The van der Waals surface area contributed by atoms with Crippen LogP contribution in [0.2, 0.25) is 0 Å². The van der Waals surface area contributed by atoms with Crippen molar-refractivity contribution in [2.75, 3.05) is 24.6 Å². The number of hydrogen-bond donors (Lipinski definition) is 1.